The topological polar surface area (TPSA) is 53.9 Å². The van der Waals surface area contributed by atoms with Crippen LogP contribution in [-0.2, 0) is 4.79 Å². The molecule has 0 fully saturated rings. The first kappa shape index (κ1) is 15.6. The number of benzene rings is 1. The highest BCUT2D eigenvalue weighted by atomic mass is 32.2. The van der Waals surface area contributed by atoms with Crippen LogP contribution in [-0.4, -0.2) is 34.7 Å². The molecule has 0 aliphatic carbocycles. The SMILES string of the molecule is CC1=C(C(=O)N[C@@H]2CC(C)(C)Oc3ccccc32)SC2=NCCN21. The van der Waals surface area contributed by atoms with Gasteiger partial charge in [0.1, 0.15) is 11.4 Å². The van der Waals surface area contributed by atoms with Gasteiger partial charge < -0.3 is 15.0 Å². The first-order chi connectivity index (χ1) is 11.4. The number of hydrogen-bond acceptors (Lipinski definition) is 5. The highest BCUT2D eigenvalue weighted by Crippen LogP contribution is 2.41. The Bertz CT molecular complexity index is 769. The summed E-state index contributed by atoms with van der Waals surface area (Å²) in [6, 6.07) is 7.90. The van der Waals surface area contributed by atoms with Gasteiger partial charge in [-0.05, 0) is 38.6 Å². The lowest BCUT2D eigenvalue weighted by molar-refractivity contribution is -0.118. The van der Waals surface area contributed by atoms with Crippen molar-refractivity contribution in [2.24, 2.45) is 4.99 Å². The second-order valence-electron chi connectivity index (χ2n) is 6.96. The van der Waals surface area contributed by atoms with Gasteiger partial charge in [0, 0.05) is 24.2 Å². The van der Waals surface area contributed by atoms with Crippen LogP contribution in [0.5, 0.6) is 5.75 Å². The molecule has 0 bridgehead atoms. The van der Waals surface area contributed by atoms with Crippen molar-refractivity contribution in [3.63, 3.8) is 0 Å². The predicted molar refractivity (Wildman–Crippen MR) is 95.9 cm³/mol. The summed E-state index contributed by atoms with van der Waals surface area (Å²) < 4.78 is 6.04. The molecule has 3 aliphatic rings. The molecule has 1 aromatic rings. The molecule has 1 atom stereocenters. The number of hydrogen-bond donors (Lipinski definition) is 1. The van der Waals surface area contributed by atoms with Gasteiger partial charge in [0.2, 0.25) is 0 Å². The summed E-state index contributed by atoms with van der Waals surface area (Å²) in [4.78, 5) is 20.2. The van der Waals surface area contributed by atoms with E-state index in [1.807, 2.05) is 31.2 Å². The maximum Gasteiger partial charge on any atom is 0.260 e. The minimum absolute atomic E-state index is 0.0212. The number of para-hydroxylation sites is 1. The molecule has 0 radical (unpaired) electrons. The van der Waals surface area contributed by atoms with E-state index >= 15 is 0 Å². The number of aliphatic imine (C=N–C) groups is 1. The summed E-state index contributed by atoms with van der Waals surface area (Å²) in [7, 11) is 0. The molecular formula is C18H21N3O2S. The molecule has 3 heterocycles. The molecule has 1 N–H and O–H groups in total. The van der Waals surface area contributed by atoms with Crippen LogP contribution in [0.2, 0.25) is 0 Å². The molecule has 0 saturated heterocycles. The van der Waals surface area contributed by atoms with Gasteiger partial charge in [-0.1, -0.05) is 18.2 Å². The van der Waals surface area contributed by atoms with E-state index < -0.39 is 0 Å². The van der Waals surface area contributed by atoms with Crippen LogP contribution in [0.4, 0.5) is 0 Å². The van der Waals surface area contributed by atoms with E-state index in [4.69, 9.17) is 4.74 Å². The number of rotatable bonds is 2. The minimum atomic E-state index is -0.303. The Morgan fingerprint density at radius 3 is 3.00 bits per heavy atom. The van der Waals surface area contributed by atoms with Gasteiger partial charge in [-0.25, -0.2) is 0 Å². The zero-order chi connectivity index (χ0) is 16.9. The molecule has 0 spiro atoms. The second kappa shape index (κ2) is 5.55. The third kappa shape index (κ3) is 2.59. The molecule has 1 amide bonds. The number of thioether (sulfide) groups is 1. The Hall–Kier alpha value is -1.95. The lowest BCUT2D eigenvalue weighted by Crippen LogP contribution is -2.41. The highest BCUT2D eigenvalue weighted by Gasteiger charge is 2.37. The average Bonchev–Trinajstić information content (AvgIpc) is 3.09. The van der Waals surface area contributed by atoms with Crippen LogP contribution >= 0.6 is 11.8 Å². The number of carbonyl (C=O) groups is 1. The summed E-state index contributed by atoms with van der Waals surface area (Å²) in [5, 5.41) is 4.16. The summed E-state index contributed by atoms with van der Waals surface area (Å²) in [6.45, 7) is 7.80. The van der Waals surface area contributed by atoms with E-state index in [0.29, 0.717) is 0 Å². The van der Waals surface area contributed by atoms with E-state index in [-0.39, 0.29) is 17.6 Å². The monoisotopic (exact) mass is 343 g/mol. The van der Waals surface area contributed by atoms with Crippen LogP contribution in [0, 0.1) is 0 Å². The quantitative estimate of drug-likeness (QED) is 0.897. The summed E-state index contributed by atoms with van der Waals surface area (Å²) >= 11 is 1.48. The molecule has 5 nitrogen and oxygen atoms in total. The van der Waals surface area contributed by atoms with E-state index in [2.05, 4.69) is 29.1 Å². The number of amidine groups is 1. The van der Waals surface area contributed by atoms with Crippen molar-refractivity contribution in [1.29, 1.82) is 0 Å². The number of fused-ring (bicyclic) bond motifs is 2. The Morgan fingerprint density at radius 1 is 1.42 bits per heavy atom. The zero-order valence-electron chi connectivity index (χ0n) is 14.1. The third-order valence-corrected chi connectivity index (χ3v) is 5.83. The molecule has 4 rings (SSSR count). The van der Waals surface area contributed by atoms with Crippen molar-refractivity contribution in [2.45, 2.75) is 38.8 Å². The Labute approximate surface area is 146 Å². The van der Waals surface area contributed by atoms with Gasteiger partial charge in [-0.15, -0.1) is 0 Å². The average molecular weight is 343 g/mol. The third-order valence-electron chi connectivity index (χ3n) is 4.62. The van der Waals surface area contributed by atoms with Gasteiger partial charge in [0.15, 0.2) is 5.17 Å². The first-order valence-corrected chi connectivity index (χ1v) is 9.06. The van der Waals surface area contributed by atoms with E-state index in [1.165, 1.54) is 11.8 Å². The van der Waals surface area contributed by atoms with Crippen LogP contribution in [0.1, 0.15) is 38.8 Å². The van der Waals surface area contributed by atoms with E-state index in [0.717, 1.165) is 46.6 Å². The molecule has 126 valence electrons. The second-order valence-corrected chi connectivity index (χ2v) is 7.94. The largest absolute Gasteiger partial charge is 0.487 e. The fourth-order valence-corrected chi connectivity index (χ4v) is 4.56. The minimum Gasteiger partial charge on any atom is -0.487 e. The van der Waals surface area contributed by atoms with Crippen LogP contribution < -0.4 is 10.1 Å². The van der Waals surface area contributed by atoms with Gasteiger partial charge in [-0.3, -0.25) is 9.79 Å². The van der Waals surface area contributed by atoms with Crippen molar-refractivity contribution in [1.82, 2.24) is 10.2 Å². The van der Waals surface area contributed by atoms with Crippen LogP contribution in [0.25, 0.3) is 0 Å². The first-order valence-electron chi connectivity index (χ1n) is 8.24. The number of nitrogens with zero attached hydrogens (tertiary/aromatic N) is 2. The Morgan fingerprint density at radius 2 is 2.21 bits per heavy atom. The van der Waals surface area contributed by atoms with Gasteiger partial charge in [0.05, 0.1) is 17.5 Å². The molecule has 3 aliphatic heterocycles. The number of nitrogens with one attached hydrogen (secondary N) is 1. The fourth-order valence-electron chi connectivity index (χ4n) is 3.48. The van der Waals surface area contributed by atoms with Crippen molar-refractivity contribution < 1.29 is 9.53 Å². The number of ether oxygens (including phenoxy) is 1. The standard InChI is InChI=1S/C18H21N3O2S/c1-11-15(24-17-19-8-9-21(11)17)16(22)20-13-10-18(2,3)23-14-7-5-4-6-12(13)14/h4-7,13H,8-10H2,1-3H3,(H,20,22)/t13-/m1/s1. The number of allylic oxidation sites excluding steroid dienone is 1. The van der Waals surface area contributed by atoms with Gasteiger partial charge >= 0.3 is 0 Å². The molecule has 0 unspecified atom stereocenters. The van der Waals surface area contributed by atoms with E-state index in [9.17, 15) is 4.79 Å². The molecular weight excluding hydrogens is 322 g/mol. The number of amides is 1. The highest BCUT2D eigenvalue weighted by molar-refractivity contribution is 8.18. The maximum atomic E-state index is 12.9. The van der Waals surface area contributed by atoms with Crippen molar-refractivity contribution in [3.05, 3.63) is 40.4 Å². The summed E-state index contributed by atoms with van der Waals surface area (Å²) in [5.41, 5.74) is 1.75. The van der Waals surface area contributed by atoms with Gasteiger partial charge in [-0.2, -0.15) is 0 Å². The van der Waals surface area contributed by atoms with Crippen LogP contribution in [0.15, 0.2) is 39.9 Å². The molecule has 1 aromatic carbocycles. The normalized spacial score (nSPS) is 24.2. The van der Waals surface area contributed by atoms with Crippen molar-refractivity contribution in [2.75, 3.05) is 13.1 Å². The molecule has 6 heteroatoms. The fraction of sp³-hybridized carbons (Fsp3) is 0.444. The van der Waals surface area contributed by atoms with Crippen LogP contribution in [0.3, 0.4) is 0 Å². The van der Waals surface area contributed by atoms with Crippen molar-refractivity contribution >= 4 is 22.8 Å². The molecule has 0 saturated carbocycles. The zero-order valence-corrected chi connectivity index (χ0v) is 14.9. The molecule has 24 heavy (non-hydrogen) atoms. The Balaban J connectivity index is 1.58. The maximum absolute atomic E-state index is 12.9. The summed E-state index contributed by atoms with van der Waals surface area (Å²) in [6.07, 6.45) is 0.747. The lowest BCUT2D eigenvalue weighted by Gasteiger charge is -2.37. The predicted octanol–water partition coefficient (Wildman–Crippen LogP) is 3.05. The molecule has 0 aromatic heterocycles. The summed E-state index contributed by atoms with van der Waals surface area (Å²) in [5.74, 6) is 0.834. The Kier molecular flexibility index (Phi) is 3.60. The number of carbonyl (C=O) groups excluding carboxylic acids is 1. The van der Waals surface area contributed by atoms with Gasteiger partial charge in [0.25, 0.3) is 5.91 Å². The smallest absolute Gasteiger partial charge is 0.260 e. The van der Waals surface area contributed by atoms with E-state index in [1.54, 1.807) is 0 Å². The van der Waals surface area contributed by atoms with Crippen molar-refractivity contribution in [3.8, 4) is 5.75 Å². The lowest BCUT2D eigenvalue weighted by atomic mass is 9.89.